The van der Waals surface area contributed by atoms with Gasteiger partial charge in [-0.3, -0.25) is 4.79 Å². The lowest BCUT2D eigenvalue weighted by molar-refractivity contribution is 0.483. The van der Waals surface area contributed by atoms with E-state index in [1.54, 1.807) is 16.8 Å². The first-order valence-corrected chi connectivity index (χ1v) is 9.71. The van der Waals surface area contributed by atoms with Crippen molar-refractivity contribution in [3.05, 3.63) is 101 Å². The van der Waals surface area contributed by atoms with E-state index in [4.69, 9.17) is 9.40 Å². The van der Waals surface area contributed by atoms with Crippen LogP contribution in [-0.2, 0) is 13.0 Å². The summed E-state index contributed by atoms with van der Waals surface area (Å²) in [5.74, 6) is 0.934. The first-order chi connectivity index (χ1) is 14.8. The van der Waals surface area contributed by atoms with Crippen LogP contribution in [0.15, 0.2) is 94.3 Å². The Kier molecular flexibility index (Phi) is 4.65. The summed E-state index contributed by atoms with van der Waals surface area (Å²) in [4.78, 5) is 16.7. The van der Waals surface area contributed by atoms with Gasteiger partial charge in [-0.2, -0.15) is 0 Å². The lowest BCUT2D eigenvalue weighted by Crippen LogP contribution is -2.18. The highest BCUT2D eigenvalue weighted by Gasteiger charge is 2.15. The fourth-order valence-electron chi connectivity index (χ4n) is 3.43. The lowest BCUT2D eigenvalue weighted by atomic mass is 10.0. The monoisotopic (exact) mass is 394 g/mol. The highest BCUT2D eigenvalue weighted by Crippen LogP contribution is 2.31. The Balaban J connectivity index is 1.52. The predicted octanol–water partition coefficient (Wildman–Crippen LogP) is 4.36. The van der Waals surface area contributed by atoms with Crippen molar-refractivity contribution in [1.29, 1.82) is 0 Å². The van der Waals surface area contributed by atoms with Gasteiger partial charge in [0.2, 0.25) is 11.8 Å². The predicted molar refractivity (Wildman–Crippen MR) is 115 cm³/mol. The maximum absolute atomic E-state index is 11.9. The molecule has 6 heteroatoms. The largest absolute Gasteiger partial charge is 0.421 e. The minimum absolute atomic E-state index is 0.0510. The van der Waals surface area contributed by atoms with E-state index in [-0.39, 0.29) is 5.56 Å². The Hall–Kier alpha value is -4.06. The molecule has 6 nitrogen and oxygen atoms in total. The number of aryl methyl sites for hydroxylation is 2. The molecule has 30 heavy (non-hydrogen) atoms. The van der Waals surface area contributed by atoms with Gasteiger partial charge in [0.1, 0.15) is 0 Å². The average Bonchev–Trinajstić information content (AvgIpc) is 3.27. The summed E-state index contributed by atoms with van der Waals surface area (Å²) in [5.41, 5.74) is 3.52. The number of rotatable bonds is 5. The zero-order valence-electron chi connectivity index (χ0n) is 16.1. The molecule has 0 bridgehead atoms. The molecule has 0 aliphatic heterocycles. The second-order valence-electron chi connectivity index (χ2n) is 6.92. The van der Waals surface area contributed by atoms with Crippen LogP contribution in [0.4, 0.5) is 0 Å². The van der Waals surface area contributed by atoms with Gasteiger partial charge < -0.3 is 8.98 Å². The molecule has 5 rings (SSSR count). The van der Waals surface area contributed by atoms with Crippen molar-refractivity contribution in [2.24, 2.45) is 0 Å². The highest BCUT2D eigenvalue weighted by molar-refractivity contribution is 5.94. The minimum Gasteiger partial charge on any atom is -0.421 e. The summed E-state index contributed by atoms with van der Waals surface area (Å²) in [6, 6.07) is 25.0. The van der Waals surface area contributed by atoms with Crippen LogP contribution in [0.3, 0.4) is 0 Å². The normalized spacial score (nSPS) is 11.1. The van der Waals surface area contributed by atoms with Crippen LogP contribution in [0, 0.1) is 0 Å². The molecule has 0 saturated carbocycles. The van der Waals surface area contributed by atoms with Gasteiger partial charge in [0, 0.05) is 36.2 Å². The van der Waals surface area contributed by atoms with Gasteiger partial charge in [0.05, 0.1) is 16.8 Å². The summed E-state index contributed by atoms with van der Waals surface area (Å²) < 4.78 is 7.59. The highest BCUT2D eigenvalue weighted by atomic mass is 16.4. The maximum Gasteiger partial charge on any atom is 0.250 e. The number of para-hydroxylation sites is 1. The van der Waals surface area contributed by atoms with Crippen LogP contribution < -0.4 is 5.56 Å². The van der Waals surface area contributed by atoms with Gasteiger partial charge in [-0.25, -0.2) is 4.98 Å². The van der Waals surface area contributed by atoms with Crippen molar-refractivity contribution in [3.63, 3.8) is 0 Å². The van der Waals surface area contributed by atoms with E-state index >= 15 is 0 Å². The van der Waals surface area contributed by atoms with Crippen molar-refractivity contribution < 1.29 is 4.42 Å². The first-order valence-electron chi connectivity index (χ1n) is 9.71. The topological polar surface area (TPSA) is 73.8 Å². The van der Waals surface area contributed by atoms with Crippen LogP contribution in [0.25, 0.3) is 33.6 Å². The number of hydrogen-bond donors (Lipinski definition) is 0. The standard InChI is InChI=1S/C24H18N4O2/c29-23-12-6-7-14-28(23)15-13-22-26-27-24(30-22)19-16-21(17-8-2-1-3-9-17)25-20-11-5-4-10-18(19)20/h1-12,14,16H,13,15H2. The number of nitrogens with zero attached hydrogens (tertiary/aromatic N) is 4. The zero-order valence-corrected chi connectivity index (χ0v) is 16.1. The van der Waals surface area contributed by atoms with E-state index in [2.05, 4.69) is 10.2 Å². The van der Waals surface area contributed by atoms with Gasteiger partial charge in [-0.1, -0.05) is 54.6 Å². The van der Waals surface area contributed by atoms with Crippen LogP contribution in [0.5, 0.6) is 0 Å². The van der Waals surface area contributed by atoms with Crippen molar-refractivity contribution >= 4 is 10.9 Å². The molecule has 0 fully saturated rings. The Morgan fingerprint density at radius 2 is 1.67 bits per heavy atom. The second kappa shape index (κ2) is 7.75. The van der Waals surface area contributed by atoms with Crippen molar-refractivity contribution in [3.8, 4) is 22.7 Å². The molecule has 5 aromatic rings. The molecule has 0 unspecified atom stereocenters. The summed E-state index contributed by atoms with van der Waals surface area (Å²) in [6.45, 7) is 0.480. The number of aromatic nitrogens is 4. The Labute approximate surface area is 172 Å². The van der Waals surface area contributed by atoms with E-state index < -0.39 is 0 Å². The number of pyridine rings is 2. The van der Waals surface area contributed by atoms with Crippen molar-refractivity contribution in [2.75, 3.05) is 0 Å². The molecular formula is C24H18N4O2. The molecule has 3 heterocycles. The van der Waals surface area contributed by atoms with Gasteiger partial charge in [0.15, 0.2) is 0 Å². The molecule has 0 amide bonds. The molecule has 0 radical (unpaired) electrons. The van der Waals surface area contributed by atoms with Crippen LogP contribution in [-0.4, -0.2) is 19.7 Å². The molecule has 146 valence electrons. The summed E-state index contributed by atoms with van der Waals surface area (Å²) in [7, 11) is 0. The van der Waals surface area contributed by atoms with E-state index in [1.165, 1.54) is 6.07 Å². The van der Waals surface area contributed by atoms with E-state index in [9.17, 15) is 4.79 Å². The third-order valence-electron chi connectivity index (χ3n) is 4.95. The average molecular weight is 394 g/mol. The number of fused-ring (bicyclic) bond motifs is 1. The molecule has 0 saturated heterocycles. The molecule has 0 aliphatic carbocycles. The molecule has 3 aromatic heterocycles. The molecular weight excluding hydrogens is 376 g/mol. The summed E-state index contributed by atoms with van der Waals surface area (Å²) in [5, 5.41) is 9.42. The van der Waals surface area contributed by atoms with Crippen molar-refractivity contribution in [1.82, 2.24) is 19.7 Å². The minimum atomic E-state index is -0.0510. The summed E-state index contributed by atoms with van der Waals surface area (Å²) in [6.07, 6.45) is 2.23. The van der Waals surface area contributed by atoms with Gasteiger partial charge in [-0.05, 0) is 18.2 Å². The van der Waals surface area contributed by atoms with E-state index in [1.807, 2.05) is 66.7 Å². The molecule has 2 aromatic carbocycles. The summed E-state index contributed by atoms with van der Waals surface area (Å²) >= 11 is 0. The Bertz CT molecular complexity index is 1370. The molecule has 0 aliphatic rings. The second-order valence-corrected chi connectivity index (χ2v) is 6.92. The Morgan fingerprint density at radius 1 is 0.867 bits per heavy atom. The number of hydrogen-bond acceptors (Lipinski definition) is 5. The maximum atomic E-state index is 11.9. The third kappa shape index (κ3) is 3.51. The van der Waals surface area contributed by atoms with Crippen LogP contribution in [0.2, 0.25) is 0 Å². The zero-order chi connectivity index (χ0) is 20.3. The van der Waals surface area contributed by atoms with Crippen LogP contribution >= 0.6 is 0 Å². The first kappa shape index (κ1) is 18.0. The fourth-order valence-corrected chi connectivity index (χ4v) is 3.43. The quantitative estimate of drug-likeness (QED) is 0.443. The van der Waals surface area contributed by atoms with Gasteiger partial charge in [0.25, 0.3) is 5.56 Å². The van der Waals surface area contributed by atoms with Crippen molar-refractivity contribution in [2.45, 2.75) is 13.0 Å². The number of benzene rings is 2. The van der Waals surface area contributed by atoms with Gasteiger partial charge in [-0.15, -0.1) is 10.2 Å². The van der Waals surface area contributed by atoms with E-state index in [0.717, 1.165) is 27.7 Å². The third-order valence-corrected chi connectivity index (χ3v) is 4.95. The lowest BCUT2D eigenvalue weighted by Gasteiger charge is -2.07. The molecule has 0 spiro atoms. The Morgan fingerprint density at radius 3 is 2.53 bits per heavy atom. The van der Waals surface area contributed by atoms with Crippen LogP contribution in [0.1, 0.15) is 5.89 Å². The molecule has 0 atom stereocenters. The van der Waals surface area contributed by atoms with Gasteiger partial charge >= 0.3 is 0 Å². The fraction of sp³-hybridized carbons (Fsp3) is 0.0833. The molecule has 0 N–H and O–H groups in total. The van der Waals surface area contributed by atoms with E-state index in [0.29, 0.717) is 24.7 Å². The smallest absolute Gasteiger partial charge is 0.250 e. The SMILES string of the molecule is O=c1ccccn1CCc1nnc(-c2cc(-c3ccccc3)nc3ccccc23)o1.